The summed E-state index contributed by atoms with van der Waals surface area (Å²) in [5, 5.41) is 23.0. The molecule has 1 fully saturated rings. The number of nitrogens with zero attached hydrogens (tertiary/aromatic N) is 1. The summed E-state index contributed by atoms with van der Waals surface area (Å²) in [6.07, 6.45) is 9.84. The van der Waals surface area contributed by atoms with Crippen molar-refractivity contribution in [2.24, 2.45) is 0 Å². The van der Waals surface area contributed by atoms with Gasteiger partial charge in [-0.2, -0.15) is 5.16 Å². The quantitative estimate of drug-likeness (QED) is 0.0385. The Morgan fingerprint density at radius 1 is 0.807 bits per heavy atom. The van der Waals surface area contributed by atoms with Gasteiger partial charge in [-0.05, 0) is 98.0 Å². The fourth-order valence-corrected chi connectivity index (χ4v) is 3.09. The minimum atomic E-state index is -0.665. The standard InChI is InChI=1S/C14H13NO5.C14H2.C11H9NO4.CH4.H3NO5.5H2/c16-14(19-7-10-4-2-1-3-5-10)12-6-13(15-20-12)18-9-11-8-17-11;1-3-5-7-9-11-13-14-12-10-8-6-4-2;13-10-6-9(16-12-10)11(14)15-7-8-4-2-1-3-5-8;;2-4-1-5-6-3;;;;;/h1-6,11H,7-9H2;1-2H;1-6H,7H2,(H,12,13);1H4;1-3H;5*1H. The summed E-state index contributed by atoms with van der Waals surface area (Å²) < 4.78 is 29.8. The van der Waals surface area contributed by atoms with Crippen molar-refractivity contribution in [2.75, 3.05) is 13.2 Å². The van der Waals surface area contributed by atoms with Crippen molar-refractivity contribution in [2.45, 2.75) is 26.7 Å². The highest BCUT2D eigenvalue weighted by Crippen LogP contribution is 2.16. The van der Waals surface area contributed by atoms with E-state index in [4.69, 9.17) is 46.8 Å². The molecule has 17 heteroatoms. The first-order valence-electron chi connectivity index (χ1n) is 15.2. The van der Waals surface area contributed by atoms with Crippen molar-refractivity contribution >= 4 is 11.9 Å². The third-order valence-electron chi connectivity index (χ3n) is 5.48. The molecule has 2 aromatic heterocycles. The summed E-state index contributed by atoms with van der Waals surface area (Å²) >= 11 is 0. The molecule has 2 aromatic carbocycles. The fourth-order valence-electron chi connectivity index (χ4n) is 3.09. The maximum Gasteiger partial charge on any atom is 0.377 e. The van der Waals surface area contributed by atoms with E-state index >= 15 is 0 Å². The van der Waals surface area contributed by atoms with E-state index in [1.54, 1.807) is 0 Å². The summed E-state index contributed by atoms with van der Waals surface area (Å²) in [7, 11) is 0. The predicted molar refractivity (Wildman–Crippen MR) is 208 cm³/mol. The summed E-state index contributed by atoms with van der Waals surface area (Å²) in [4.78, 5) is 40.2. The van der Waals surface area contributed by atoms with Crippen molar-refractivity contribution in [3.8, 4) is 89.8 Å². The zero-order chi connectivity index (χ0) is 40.5. The smallest absolute Gasteiger partial charge is 0.377 e. The molecule has 17 nitrogen and oxygen atoms in total. The molecule has 0 spiro atoms. The van der Waals surface area contributed by atoms with Gasteiger partial charge in [0.15, 0.2) is 0 Å². The summed E-state index contributed by atoms with van der Waals surface area (Å²) in [5.74, 6) is 27.2. The number of nitrogens with one attached hydrogen (secondary N) is 2. The van der Waals surface area contributed by atoms with E-state index in [0.29, 0.717) is 13.2 Å². The fraction of sp³-hybridized carbons (Fsp3) is 0.150. The molecule has 1 aliphatic heterocycles. The summed E-state index contributed by atoms with van der Waals surface area (Å²) in [5.41, 5.74) is 2.59. The molecule has 4 aromatic rings. The number of hydrogen-bond acceptors (Lipinski definition) is 16. The molecule has 0 saturated carbocycles. The number of epoxide rings is 1. The largest absolute Gasteiger partial charge is 0.473 e. The van der Waals surface area contributed by atoms with E-state index in [-0.39, 0.29) is 51.3 Å². The van der Waals surface area contributed by atoms with Gasteiger partial charge in [-0.15, -0.1) is 17.8 Å². The maximum absolute atomic E-state index is 11.7. The SMILES string of the molecule is C.C#CC#CC#CC#CC#CC#CC#C.O=C(OCc1ccccc1)c1cc(=O)[nH]o1.O=C(OCc1ccccc1)c1cc(OCC2CO2)no1.OONOOO.[HH].[HH].[HH].[HH].[HH]. The lowest BCUT2D eigenvalue weighted by molar-refractivity contribution is -0.571. The number of benzene rings is 2. The second kappa shape index (κ2) is 30.5. The van der Waals surface area contributed by atoms with Crippen LogP contribution in [0.4, 0.5) is 0 Å². The van der Waals surface area contributed by atoms with E-state index in [2.05, 4.69) is 95.7 Å². The number of esters is 2. The lowest BCUT2D eigenvalue weighted by Crippen LogP contribution is -2.11. The minimum Gasteiger partial charge on any atom is -0.473 e. The average Bonchev–Trinajstić information content (AvgIpc) is 3.76. The number of ether oxygens (including phenoxy) is 4. The van der Waals surface area contributed by atoms with Gasteiger partial charge in [0.1, 0.15) is 25.9 Å². The third-order valence-corrected chi connectivity index (χ3v) is 5.48. The Balaban J connectivity index is -0.000000238. The van der Waals surface area contributed by atoms with Gasteiger partial charge in [0.05, 0.1) is 18.7 Å². The molecule has 1 aliphatic rings. The topological polar surface area (TPSA) is 227 Å². The maximum atomic E-state index is 11.7. The summed E-state index contributed by atoms with van der Waals surface area (Å²) in [6, 6.07) is 21.1. The van der Waals surface area contributed by atoms with E-state index < -0.39 is 17.5 Å². The lowest BCUT2D eigenvalue weighted by Gasteiger charge is -2.01. The van der Waals surface area contributed by atoms with Crippen molar-refractivity contribution < 1.29 is 70.2 Å². The number of aromatic amines is 1. The normalized spacial score (nSPS) is 10.5. The van der Waals surface area contributed by atoms with Gasteiger partial charge in [-0.25, -0.2) is 20.1 Å². The molecular formula is C40H41N3O14. The Hall–Kier alpha value is -7.96. The third kappa shape index (κ3) is 23.3. The zero-order valence-electron chi connectivity index (χ0n) is 28.7. The van der Waals surface area contributed by atoms with Crippen molar-refractivity contribution in [3.05, 3.63) is 106 Å². The molecule has 0 radical (unpaired) electrons. The molecule has 300 valence electrons. The van der Waals surface area contributed by atoms with E-state index in [9.17, 15) is 14.4 Å². The highest BCUT2D eigenvalue weighted by molar-refractivity contribution is 5.86. The molecule has 1 atom stereocenters. The molecule has 0 aliphatic carbocycles. The van der Waals surface area contributed by atoms with Crippen LogP contribution in [0.5, 0.6) is 5.88 Å². The minimum absolute atomic E-state index is 0. The van der Waals surface area contributed by atoms with Crippen LogP contribution in [0.3, 0.4) is 0 Å². The van der Waals surface area contributed by atoms with Gasteiger partial charge in [0.25, 0.3) is 11.4 Å². The number of rotatable bonds is 12. The second-order valence-electron chi connectivity index (χ2n) is 9.37. The average molecular weight is 788 g/mol. The first-order valence-corrected chi connectivity index (χ1v) is 15.2. The first-order chi connectivity index (χ1) is 27.4. The van der Waals surface area contributed by atoms with Crippen molar-refractivity contribution in [1.29, 1.82) is 0 Å². The number of hydrogen-bond donors (Lipinski definition) is 4. The van der Waals surface area contributed by atoms with E-state index in [1.807, 2.05) is 65.8 Å². The Morgan fingerprint density at radius 3 is 1.70 bits per heavy atom. The van der Waals surface area contributed by atoms with Gasteiger partial charge in [-0.3, -0.25) is 4.79 Å². The van der Waals surface area contributed by atoms with Crippen LogP contribution in [0.2, 0.25) is 0 Å². The van der Waals surface area contributed by atoms with Crippen LogP contribution in [-0.4, -0.2) is 52.1 Å². The monoisotopic (exact) mass is 787 g/mol. The summed E-state index contributed by atoms with van der Waals surface area (Å²) in [6.45, 7) is 1.44. The van der Waals surface area contributed by atoms with Gasteiger partial charge >= 0.3 is 11.9 Å². The Bertz CT molecular complexity index is 2240. The van der Waals surface area contributed by atoms with Crippen molar-refractivity contribution in [1.82, 2.24) is 16.0 Å². The Kier molecular flexibility index (Phi) is 25.2. The molecule has 0 bridgehead atoms. The molecule has 5 rings (SSSR count). The number of H-pyrrole nitrogens is 1. The van der Waals surface area contributed by atoms with Gasteiger partial charge in [0.2, 0.25) is 11.5 Å². The molecule has 57 heavy (non-hydrogen) atoms. The van der Waals surface area contributed by atoms with E-state index in [1.165, 1.54) is 11.7 Å². The molecule has 1 saturated heterocycles. The van der Waals surface area contributed by atoms with Gasteiger partial charge in [0, 0.05) is 7.13 Å². The molecule has 1 unspecified atom stereocenters. The van der Waals surface area contributed by atoms with Crippen LogP contribution < -0.4 is 15.9 Å². The van der Waals surface area contributed by atoms with Crippen LogP contribution in [0, 0.1) is 83.9 Å². The number of aromatic nitrogens is 2. The van der Waals surface area contributed by atoms with Crippen LogP contribution in [0.1, 0.15) is 46.8 Å². The Morgan fingerprint density at radius 2 is 1.30 bits per heavy atom. The van der Waals surface area contributed by atoms with Gasteiger partial charge < -0.3 is 28.0 Å². The highest BCUT2D eigenvalue weighted by Gasteiger charge is 2.24. The van der Waals surface area contributed by atoms with Crippen LogP contribution >= 0.6 is 0 Å². The molecule has 4 N–H and O–H groups in total. The van der Waals surface area contributed by atoms with Crippen molar-refractivity contribution in [3.63, 3.8) is 0 Å². The zero-order valence-corrected chi connectivity index (χ0v) is 28.7. The molecular weight excluding hydrogens is 746 g/mol. The Labute approximate surface area is 333 Å². The molecule has 0 amide bonds. The van der Waals surface area contributed by atoms with E-state index in [0.717, 1.165) is 17.2 Å². The lowest BCUT2D eigenvalue weighted by atomic mass is 10.2. The van der Waals surface area contributed by atoms with Crippen LogP contribution in [0.25, 0.3) is 0 Å². The van der Waals surface area contributed by atoms with Crippen LogP contribution in [0.15, 0.2) is 86.6 Å². The number of terminal acetylenes is 2. The number of carbonyl (C=O) groups is 2. The predicted octanol–water partition coefficient (Wildman–Crippen LogP) is 4.59. The second-order valence-corrected chi connectivity index (χ2v) is 9.37. The number of carbonyl (C=O) groups excluding carboxylic acids is 2. The van der Waals surface area contributed by atoms with Crippen LogP contribution in [-0.2, 0) is 42.4 Å². The van der Waals surface area contributed by atoms with Gasteiger partial charge in [-0.1, -0.05) is 73.1 Å². The highest BCUT2D eigenvalue weighted by atomic mass is 17.5. The first kappa shape index (κ1) is 47.1. The molecule has 3 heterocycles.